The molecular formula is C11H18N2O6. The number of hydrogen-bond donors (Lipinski definition) is 3. The van der Waals surface area contributed by atoms with Crippen LogP contribution in [-0.4, -0.2) is 55.5 Å². The van der Waals surface area contributed by atoms with Crippen LogP contribution >= 0.6 is 0 Å². The van der Waals surface area contributed by atoms with E-state index in [4.69, 9.17) is 9.84 Å². The van der Waals surface area contributed by atoms with E-state index in [2.05, 4.69) is 15.4 Å². The largest absolute Gasteiger partial charge is 0.481 e. The molecule has 1 saturated heterocycles. The van der Waals surface area contributed by atoms with Crippen LogP contribution in [0.3, 0.4) is 0 Å². The molecule has 0 aromatic rings. The molecule has 108 valence electrons. The Bertz CT molecular complexity index is 385. The smallest absolute Gasteiger partial charge is 0.328 e. The van der Waals surface area contributed by atoms with Crippen molar-refractivity contribution in [3.63, 3.8) is 0 Å². The minimum absolute atomic E-state index is 0.0276. The van der Waals surface area contributed by atoms with Crippen molar-refractivity contribution in [2.75, 3.05) is 20.3 Å². The third-order valence-electron chi connectivity index (χ3n) is 3.15. The molecule has 1 heterocycles. The van der Waals surface area contributed by atoms with Gasteiger partial charge in [-0.1, -0.05) is 0 Å². The molecule has 8 nitrogen and oxygen atoms in total. The van der Waals surface area contributed by atoms with Gasteiger partial charge >= 0.3 is 18.0 Å². The summed E-state index contributed by atoms with van der Waals surface area (Å²) in [7, 11) is 1.21. The average molecular weight is 274 g/mol. The fourth-order valence-electron chi connectivity index (χ4n) is 1.72. The van der Waals surface area contributed by atoms with E-state index in [1.165, 1.54) is 21.0 Å². The summed E-state index contributed by atoms with van der Waals surface area (Å²) < 4.78 is 9.56. The lowest BCUT2D eigenvalue weighted by atomic mass is 9.85. The molecule has 0 aliphatic carbocycles. The van der Waals surface area contributed by atoms with E-state index in [1.807, 2.05) is 0 Å². The molecule has 0 saturated carbocycles. The summed E-state index contributed by atoms with van der Waals surface area (Å²) in [5.74, 6) is -1.63. The van der Waals surface area contributed by atoms with E-state index < -0.39 is 35.5 Å². The van der Waals surface area contributed by atoms with E-state index in [-0.39, 0.29) is 13.2 Å². The van der Waals surface area contributed by atoms with Crippen molar-refractivity contribution >= 4 is 18.0 Å². The Morgan fingerprint density at radius 1 is 1.47 bits per heavy atom. The zero-order chi connectivity index (χ0) is 14.6. The first-order valence-electron chi connectivity index (χ1n) is 5.77. The molecule has 3 atom stereocenters. The SMILES string of the molecule is COC(=O)C(C)NC(=O)NC1COCC1(C)C(=O)O. The van der Waals surface area contributed by atoms with Crippen LogP contribution in [0.2, 0.25) is 0 Å². The predicted molar refractivity (Wildman–Crippen MR) is 63.5 cm³/mol. The van der Waals surface area contributed by atoms with Crippen molar-refractivity contribution in [2.24, 2.45) is 5.41 Å². The fourth-order valence-corrected chi connectivity index (χ4v) is 1.72. The Hall–Kier alpha value is -1.83. The van der Waals surface area contributed by atoms with Gasteiger partial charge in [-0.05, 0) is 13.8 Å². The van der Waals surface area contributed by atoms with Gasteiger partial charge in [-0.2, -0.15) is 0 Å². The molecular weight excluding hydrogens is 256 g/mol. The number of carbonyl (C=O) groups excluding carboxylic acids is 2. The van der Waals surface area contributed by atoms with Crippen LogP contribution in [0.15, 0.2) is 0 Å². The van der Waals surface area contributed by atoms with E-state index in [1.54, 1.807) is 0 Å². The number of amides is 2. The third-order valence-corrected chi connectivity index (χ3v) is 3.15. The molecule has 1 rings (SSSR count). The highest BCUT2D eigenvalue weighted by Gasteiger charge is 2.47. The minimum atomic E-state index is -1.17. The maximum absolute atomic E-state index is 11.7. The lowest BCUT2D eigenvalue weighted by Gasteiger charge is -2.26. The number of urea groups is 1. The van der Waals surface area contributed by atoms with E-state index in [9.17, 15) is 14.4 Å². The quantitative estimate of drug-likeness (QED) is 0.586. The molecule has 19 heavy (non-hydrogen) atoms. The lowest BCUT2D eigenvalue weighted by molar-refractivity contribution is -0.148. The highest BCUT2D eigenvalue weighted by Crippen LogP contribution is 2.28. The maximum atomic E-state index is 11.7. The Balaban J connectivity index is 2.57. The lowest BCUT2D eigenvalue weighted by Crippen LogP contribution is -2.54. The number of carboxylic acids is 1. The second kappa shape index (κ2) is 5.87. The third kappa shape index (κ3) is 3.34. The minimum Gasteiger partial charge on any atom is -0.481 e. The van der Waals surface area contributed by atoms with Gasteiger partial charge in [0, 0.05) is 0 Å². The molecule has 2 amide bonds. The van der Waals surface area contributed by atoms with E-state index in [0.29, 0.717) is 0 Å². The zero-order valence-electron chi connectivity index (χ0n) is 11.1. The molecule has 8 heteroatoms. The first-order chi connectivity index (χ1) is 8.81. The van der Waals surface area contributed by atoms with Gasteiger partial charge < -0.3 is 25.2 Å². The Labute approximate surface area is 110 Å². The topological polar surface area (TPSA) is 114 Å². The summed E-state index contributed by atoms with van der Waals surface area (Å²) in [5.41, 5.74) is -1.17. The van der Waals surface area contributed by atoms with Crippen LogP contribution in [-0.2, 0) is 19.1 Å². The molecule has 3 unspecified atom stereocenters. The van der Waals surface area contributed by atoms with Crippen molar-refractivity contribution < 1.29 is 29.0 Å². The van der Waals surface area contributed by atoms with Gasteiger partial charge in [-0.25, -0.2) is 9.59 Å². The van der Waals surface area contributed by atoms with E-state index in [0.717, 1.165) is 0 Å². The number of carboxylic acid groups (broad SMARTS) is 1. The van der Waals surface area contributed by atoms with Gasteiger partial charge in [0.05, 0.1) is 26.4 Å². The number of methoxy groups -OCH3 is 1. The van der Waals surface area contributed by atoms with Crippen LogP contribution in [0.25, 0.3) is 0 Å². The number of rotatable bonds is 4. The van der Waals surface area contributed by atoms with Gasteiger partial charge in [0.25, 0.3) is 0 Å². The summed E-state index contributed by atoms with van der Waals surface area (Å²) in [4.78, 5) is 34.0. The molecule has 0 aromatic heterocycles. The van der Waals surface area contributed by atoms with Crippen LogP contribution in [0.5, 0.6) is 0 Å². The van der Waals surface area contributed by atoms with Crippen LogP contribution in [0.4, 0.5) is 4.79 Å². The summed E-state index contributed by atoms with van der Waals surface area (Å²) in [6.07, 6.45) is 0. The molecule has 1 fully saturated rings. The number of aliphatic carboxylic acids is 1. The molecule has 0 spiro atoms. The van der Waals surface area contributed by atoms with Crippen LogP contribution < -0.4 is 10.6 Å². The highest BCUT2D eigenvalue weighted by molar-refractivity contribution is 5.84. The van der Waals surface area contributed by atoms with Gasteiger partial charge in [0.2, 0.25) is 0 Å². The van der Waals surface area contributed by atoms with Crippen molar-refractivity contribution in [3.8, 4) is 0 Å². The molecule has 0 aromatic carbocycles. The normalized spacial score (nSPS) is 27.4. The molecule has 0 radical (unpaired) electrons. The second-order valence-corrected chi connectivity index (χ2v) is 4.65. The van der Waals surface area contributed by atoms with Gasteiger partial charge in [-0.15, -0.1) is 0 Å². The average Bonchev–Trinajstić information content (AvgIpc) is 2.71. The van der Waals surface area contributed by atoms with Crippen molar-refractivity contribution in [1.29, 1.82) is 0 Å². The number of carbonyl (C=O) groups is 3. The first kappa shape index (κ1) is 15.2. The van der Waals surface area contributed by atoms with Gasteiger partial charge in [0.1, 0.15) is 11.5 Å². The Morgan fingerprint density at radius 2 is 2.11 bits per heavy atom. The van der Waals surface area contributed by atoms with E-state index >= 15 is 0 Å². The molecule has 1 aliphatic heterocycles. The maximum Gasteiger partial charge on any atom is 0.328 e. The summed E-state index contributed by atoms with van der Waals surface area (Å²) in [6, 6.07) is -2.11. The Morgan fingerprint density at radius 3 is 2.63 bits per heavy atom. The number of ether oxygens (including phenoxy) is 2. The van der Waals surface area contributed by atoms with Crippen molar-refractivity contribution in [2.45, 2.75) is 25.9 Å². The highest BCUT2D eigenvalue weighted by atomic mass is 16.5. The zero-order valence-corrected chi connectivity index (χ0v) is 11.1. The van der Waals surface area contributed by atoms with Crippen molar-refractivity contribution in [1.82, 2.24) is 10.6 Å². The number of nitrogens with one attached hydrogen (secondary N) is 2. The molecule has 1 aliphatic rings. The number of esters is 1. The Kier molecular flexibility index (Phi) is 4.71. The second-order valence-electron chi connectivity index (χ2n) is 4.65. The number of hydrogen-bond acceptors (Lipinski definition) is 5. The van der Waals surface area contributed by atoms with Crippen LogP contribution in [0.1, 0.15) is 13.8 Å². The van der Waals surface area contributed by atoms with Crippen molar-refractivity contribution in [3.05, 3.63) is 0 Å². The van der Waals surface area contributed by atoms with Crippen LogP contribution in [0, 0.1) is 5.41 Å². The van der Waals surface area contributed by atoms with Gasteiger partial charge in [0.15, 0.2) is 0 Å². The summed E-state index contributed by atoms with van der Waals surface area (Å²) >= 11 is 0. The molecule has 3 N–H and O–H groups in total. The fraction of sp³-hybridized carbons (Fsp3) is 0.727. The van der Waals surface area contributed by atoms with Gasteiger partial charge in [-0.3, -0.25) is 4.79 Å². The summed E-state index contributed by atoms with van der Waals surface area (Å²) in [5, 5.41) is 14.0. The summed E-state index contributed by atoms with van der Waals surface area (Å²) in [6.45, 7) is 3.10. The first-order valence-corrected chi connectivity index (χ1v) is 5.77. The molecule has 0 bridgehead atoms. The predicted octanol–water partition coefficient (Wildman–Crippen LogP) is -0.663. The monoisotopic (exact) mass is 274 g/mol. The standard InChI is InChI=1S/C11H18N2O6/c1-6(8(14)18-3)12-10(17)13-7-4-19-5-11(7,2)9(15)16/h6-7H,4-5H2,1-3H3,(H,15,16)(H2,12,13,17).